The molecule has 0 aliphatic carbocycles. The van der Waals surface area contributed by atoms with Crippen LogP contribution in [0.4, 0.5) is 0 Å². The Bertz CT molecular complexity index is 697. The molecular formula is C13H16N4O2S. The molecule has 1 aliphatic heterocycles. The molecule has 0 bridgehead atoms. The molecule has 0 saturated carbocycles. The molecule has 2 heterocycles. The lowest BCUT2D eigenvalue weighted by Crippen LogP contribution is -2.29. The number of rotatable bonds is 3. The summed E-state index contributed by atoms with van der Waals surface area (Å²) in [5.41, 5.74) is 0.940. The van der Waals surface area contributed by atoms with E-state index >= 15 is 0 Å². The summed E-state index contributed by atoms with van der Waals surface area (Å²) in [4.78, 5) is 1.94. The number of aromatic nitrogens is 3. The number of benzene rings is 1. The normalized spacial score (nSPS) is 20.4. The molecule has 106 valence electrons. The van der Waals surface area contributed by atoms with E-state index < -0.39 is 10.0 Å². The van der Waals surface area contributed by atoms with Crippen molar-refractivity contribution in [3.8, 4) is 0 Å². The Morgan fingerprint density at radius 1 is 1.25 bits per heavy atom. The minimum absolute atomic E-state index is 0.0181. The van der Waals surface area contributed by atoms with Gasteiger partial charge in [0.05, 0.1) is 23.3 Å². The van der Waals surface area contributed by atoms with E-state index in [0.29, 0.717) is 18.0 Å². The summed E-state index contributed by atoms with van der Waals surface area (Å²) in [7, 11) is -3.42. The van der Waals surface area contributed by atoms with Crippen LogP contribution >= 0.6 is 0 Å². The molecule has 1 unspecified atom stereocenters. The Kier molecular flexibility index (Phi) is 3.31. The van der Waals surface area contributed by atoms with Crippen molar-refractivity contribution < 1.29 is 8.42 Å². The summed E-state index contributed by atoms with van der Waals surface area (Å²) in [6.45, 7) is 2.81. The van der Waals surface area contributed by atoms with Gasteiger partial charge in [0.2, 0.25) is 10.0 Å². The van der Waals surface area contributed by atoms with Gasteiger partial charge < -0.3 is 0 Å². The molecule has 1 saturated heterocycles. The lowest BCUT2D eigenvalue weighted by Gasteiger charge is -2.16. The van der Waals surface area contributed by atoms with Crippen molar-refractivity contribution in [2.24, 2.45) is 0 Å². The third kappa shape index (κ3) is 2.34. The maximum Gasteiger partial charge on any atom is 0.243 e. The van der Waals surface area contributed by atoms with Gasteiger partial charge in [-0.3, -0.25) is 0 Å². The molecule has 1 atom stereocenters. The number of sulfonamides is 1. The Morgan fingerprint density at radius 2 is 2.00 bits per heavy atom. The summed E-state index contributed by atoms with van der Waals surface area (Å²) in [6.07, 6.45) is 3.95. The second-order valence-electron chi connectivity index (χ2n) is 4.97. The minimum Gasteiger partial charge on any atom is -0.207 e. The molecule has 0 amide bonds. The number of hydrogen-bond donors (Lipinski definition) is 0. The Morgan fingerprint density at radius 3 is 2.70 bits per heavy atom. The quantitative estimate of drug-likeness (QED) is 0.853. The molecule has 1 fully saturated rings. The number of nitrogens with zero attached hydrogens (tertiary/aromatic N) is 4. The van der Waals surface area contributed by atoms with Gasteiger partial charge in [0.15, 0.2) is 0 Å². The zero-order chi connectivity index (χ0) is 14.2. The second-order valence-corrected chi connectivity index (χ2v) is 6.91. The monoisotopic (exact) mass is 292 g/mol. The number of hydrogen-bond acceptors (Lipinski definition) is 4. The van der Waals surface area contributed by atoms with Crippen LogP contribution in [0.1, 0.15) is 18.0 Å². The third-order valence-corrected chi connectivity index (χ3v) is 5.38. The maximum atomic E-state index is 12.6. The van der Waals surface area contributed by atoms with Crippen LogP contribution in [0, 0.1) is 6.92 Å². The van der Waals surface area contributed by atoms with Crippen LogP contribution in [-0.4, -0.2) is 40.8 Å². The average molecular weight is 292 g/mol. The molecule has 1 aromatic carbocycles. The summed E-state index contributed by atoms with van der Waals surface area (Å²) >= 11 is 0. The van der Waals surface area contributed by atoms with Gasteiger partial charge in [-0.2, -0.15) is 19.3 Å². The van der Waals surface area contributed by atoms with Crippen molar-refractivity contribution in [2.45, 2.75) is 24.3 Å². The highest BCUT2D eigenvalue weighted by molar-refractivity contribution is 7.89. The Balaban J connectivity index is 1.83. The summed E-state index contributed by atoms with van der Waals surface area (Å²) < 4.78 is 26.7. The average Bonchev–Trinajstić information content (AvgIpc) is 3.10. The largest absolute Gasteiger partial charge is 0.243 e. The van der Waals surface area contributed by atoms with E-state index in [0.717, 1.165) is 12.0 Å². The van der Waals surface area contributed by atoms with Gasteiger partial charge in [0.25, 0.3) is 0 Å². The summed E-state index contributed by atoms with van der Waals surface area (Å²) in [6, 6.07) is 7.02. The van der Waals surface area contributed by atoms with Crippen LogP contribution in [0.3, 0.4) is 0 Å². The smallest absolute Gasteiger partial charge is 0.207 e. The van der Waals surface area contributed by atoms with Crippen molar-refractivity contribution in [3.05, 3.63) is 42.2 Å². The van der Waals surface area contributed by atoms with Crippen LogP contribution in [-0.2, 0) is 10.0 Å². The van der Waals surface area contributed by atoms with Gasteiger partial charge in [0, 0.05) is 13.1 Å². The molecule has 3 rings (SSSR count). The van der Waals surface area contributed by atoms with Crippen LogP contribution in [0.5, 0.6) is 0 Å². The zero-order valence-corrected chi connectivity index (χ0v) is 12.0. The highest BCUT2D eigenvalue weighted by Gasteiger charge is 2.34. The van der Waals surface area contributed by atoms with Crippen LogP contribution in [0.2, 0.25) is 0 Å². The van der Waals surface area contributed by atoms with Crippen LogP contribution < -0.4 is 0 Å². The fourth-order valence-electron chi connectivity index (χ4n) is 2.46. The van der Waals surface area contributed by atoms with Crippen molar-refractivity contribution in [1.82, 2.24) is 19.3 Å². The molecule has 20 heavy (non-hydrogen) atoms. The lowest BCUT2D eigenvalue weighted by molar-refractivity contribution is 0.402. The van der Waals surface area contributed by atoms with E-state index in [-0.39, 0.29) is 6.04 Å². The van der Waals surface area contributed by atoms with E-state index in [1.54, 1.807) is 35.4 Å². The number of aryl methyl sites for hydroxylation is 1. The Hall–Kier alpha value is -1.73. The molecular weight excluding hydrogens is 276 g/mol. The molecule has 1 aromatic heterocycles. The highest BCUT2D eigenvalue weighted by atomic mass is 32.2. The first-order chi connectivity index (χ1) is 9.57. The van der Waals surface area contributed by atoms with Crippen molar-refractivity contribution >= 4 is 10.0 Å². The second kappa shape index (κ2) is 4.99. The van der Waals surface area contributed by atoms with E-state index in [2.05, 4.69) is 10.2 Å². The predicted octanol–water partition coefficient (Wildman–Crippen LogP) is 1.22. The van der Waals surface area contributed by atoms with E-state index in [1.807, 2.05) is 13.0 Å². The van der Waals surface area contributed by atoms with Crippen LogP contribution in [0.15, 0.2) is 41.6 Å². The summed E-state index contributed by atoms with van der Waals surface area (Å²) in [5, 5.41) is 8.17. The van der Waals surface area contributed by atoms with Gasteiger partial charge in [-0.05, 0) is 31.0 Å². The van der Waals surface area contributed by atoms with Crippen LogP contribution in [0.25, 0.3) is 0 Å². The van der Waals surface area contributed by atoms with E-state index in [9.17, 15) is 8.42 Å². The van der Waals surface area contributed by atoms with Crippen molar-refractivity contribution in [1.29, 1.82) is 0 Å². The lowest BCUT2D eigenvalue weighted by atomic mass is 10.2. The van der Waals surface area contributed by atoms with Crippen molar-refractivity contribution in [3.63, 3.8) is 0 Å². The SMILES string of the molecule is Cc1cccc(S(=O)(=O)N2CCC(n3nccn3)C2)c1. The zero-order valence-electron chi connectivity index (χ0n) is 11.2. The Labute approximate surface area is 118 Å². The molecule has 2 aromatic rings. The topological polar surface area (TPSA) is 68.1 Å². The fraction of sp³-hybridized carbons (Fsp3) is 0.385. The van der Waals surface area contributed by atoms with E-state index in [4.69, 9.17) is 0 Å². The first-order valence-electron chi connectivity index (χ1n) is 6.50. The fourth-order valence-corrected chi connectivity index (χ4v) is 4.05. The van der Waals surface area contributed by atoms with Gasteiger partial charge in [-0.15, -0.1) is 0 Å². The third-order valence-electron chi connectivity index (χ3n) is 3.52. The first-order valence-corrected chi connectivity index (χ1v) is 7.94. The predicted molar refractivity (Wildman–Crippen MR) is 73.6 cm³/mol. The van der Waals surface area contributed by atoms with Gasteiger partial charge in [0.1, 0.15) is 0 Å². The molecule has 0 N–H and O–H groups in total. The van der Waals surface area contributed by atoms with Crippen molar-refractivity contribution in [2.75, 3.05) is 13.1 Å². The van der Waals surface area contributed by atoms with Gasteiger partial charge in [-0.25, -0.2) is 8.42 Å². The van der Waals surface area contributed by atoms with Gasteiger partial charge >= 0.3 is 0 Å². The van der Waals surface area contributed by atoms with Gasteiger partial charge in [-0.1, -0.05) is 12.1 Å². The molecule has 7 heteroatoms. The maximum absolute atomic E-state index is 12.6. The first kappa shape index (κ1) is 13.3. The molecule has 0 radical (unpaired) electrons. The minimum atomic E-state index is -3.42. The highest BCUT2D eigenvalue weighted by Crippen LogP contribution is 2.26. The standard InChI is InChI=1S/C13H16N4O2S/c1-11-3-2-4-13(9-11)20(18,19)16-8-5-12(10-16)17-14-6-7-15-17/h2-4,6-7,9,12H,5,8,10H2,1H3. The van der Waals surface area contributed by atoms with E-state index in [1.165, 1.54) is 4.31 Å². The molecule has 6 nitrogen and oxygen atoms in total. The molecule has 1 aliphatic rings. The molecule has 0 spiro atoms. The summed E-state index contributed by atoms with van der Waals surface area (Å²) in [5.74, 6) is 0.